The molecule has 0 fully saturated rings. The highest BCUT2D eigenvalue weighted by Gasteiger charge is 2.37. The van der Waals surface area contributed by atoms with Crippen molar-refractivity contribution in [3.05, 3.63) is 59.9 Å². The van der Waals surface area contributed by atoms with Gasteiger partial charge >= 0.3 is 6.18 Å². The fraction of sp³-hybridized carbons (Fsp3) is 0.0667. The molecule has 3 rings (SSSR count). The lowest BCUT2D eigenvalue weighted by molar-refractivity contribution is -0.139. The van der Waals surface area contributed by atoms with Crippen molar-refractivity contribution in [2.24, 2.45) is 0 Å². The maximum absolute atomic E-state index is 13.7. The van der Waals surface area contributed by atoms with Crippen LogP contribution in [-0.2, 0) is 16.2 Å². The number of halogens is 4. The largest absolute Gasteiger partial charge is 0.417 e. The second kappa shape index (κ2) is 6.41. The number of rotatable bonds is 4. The van der Waals surface area contributed by atoms with E-state index >= 15 is 0 Å². The van der Waals surface area contributed by atoms with Gasteiger partial charge in [-0.1, -0.05) is 24.3 Å². The number of nitrogens with one attached hydrogen (secondary N) is 1. The number of nitrogens with zero attached hydrogens (tertiary/aromatic N) is 2. The van der Waals surface area contributed by atoms with Gasteiger partial charge in [0, 0.05) is 0 Å². The molecule has 0 bridgehead atoms. The van der Waals surface area contributed by atoms with Crippen molar-refractivity contribution in [3.63, 3.8) is 0 Å². The van der Waals surface area contributed by atoms with E-state index in [1.807, 2.05) is 0 Å². The molecule has 2 aromatic carbocycles. The molecule has 1 aromatic heterocycles. The summed E-state index contributed by atoms with van der Waals surface area (Å²) in [4.78, 5) is 2.66. The molecule has 0 spiro atoms. The van der Waals surface area contributed by atoms with Crippen LogP contribution in [0.1, 0.15) is 5.56 Å². The topological polar surface area (TPSA) is 85.1 Å². The van der Waals surface area contributed by atoms with Crippen LogP contribution >= 0.6 is 0 Å². The first-order valence-electron chi connectivity index (χ1n) is 6.96. The summed E-state index contributed by atoms with van der Waals surface area (Å²) in [5, 5.41) is 3.31. The number of hydrogen-bond acceptors (Lipinski definition) is 5. The van der Waals surface area contributed by atoms with Gasteiger partial charge in [0.1, 0.15) is 5.82 Å². The average molecular weight is 387 g/mol. The summed E-state index contributed by atoms with van der Waals surface area (Å²) in [6.07, 6.45) is -4.87. The first-order chi connectivity index (χ1) is 12.2. The Hall–Kier alpha value is -2.95. The van der Waals surface area contributed by atoms with Crippen LogP contribution in [0.5, 0.6) is 0 Å². The average Bonchev–Trinajstić information content (AvgIpc) is 3.02. The van der Waals surface area contributed by atoms with Crippen LogP contribution in [-0.4, -0.2) is 18.6 Å². The van der Waals surface area contributed by atoms with Crippen molar-refractivity contribution >= 4 is 16.0 Å². The van der Waals surface area contributed by atoms with Gasteiger partial charge in [-0.15, -0.1) is 0 Å². The standard InChI is InChI=1S/C15H9F4N3O3S/c16-11-7-3-1-5-9(11)13-20-14(21-25-13)22-26(23,24)12-8-4-2-6-10(12)15(17,18)19/h1-8H,(H,21,22). The fourth-order valence-electron chi connectivity index (χ4n) is 2.12. The number of aromatic nitrogens is 2. The summed E-state index contributed by atoms with van der Waals surface area (Å²) >= 11 is 0. The summed E-state index contributed by atoms with van der Waals surface area (Å²) in [5.41, 5.74) is -1.42. The first-order valence-corrected chi connectivity index (χ1v) is 8.44. The lowest BCUT2D eigenvalue weighted by atomic mass is 10.2. The molecule has 0 saturated heterocycles. The van der Waals surface area contributed by atoms with Crippen LogP contribution in [0.15, 0.2) is 57.9 Å². The molecule has 26 heavy (non-hydrogen) atoms. The Bertz CT molecular complexity index is 1050. The van der Waals surface area contributed by atoms with Gasteiger partial charge in [0.05, 0.1) is 16.0 Å². The molecule has 6 nitrogen and oxygen atoms in total. The molecule has 0 atom stereocenters. The van der Waals surface area contributed by atoms with Crippen LogP contribution in [0.3, 0.4) is 0 Å². The van der Waals surface area contributed by atoms with Gasteiger partial charge in [0.15, 0.2) is 0 Å². The number of alkyl halides is 3. The summed E-state index contributed by atoms with van der Waals surface area (Å²) in [6.45, 7) is 0. The molecule has 0 aliphatic carbocycles. The Kier molecular flexibility index (Phi) is 4.40. The lowest BCUT2D eigenvalue weighted by Gasteiger charge is -2.12. The Morgan fingerprint density at radius 2 is 1.65 bits per heavy atom. The van der Waals surface area contributed by atoms with Gasteiger partial charge in [0.25, 0.3) is 21.9 Å². The highest BCUT2D eigenvalue weighted by Crippen LogP contribution is 2.34. The van der Waals surface area contributed by atoms with Crippen molar-refractivity contribution in [3.8, 4) is 11.5 Å². The third kappa shape index (κ3) is 3.52. The quantitative estimate of drug-likeness (QED) is 0.690. The zero-order chi connectivity index (χ0) is 18.9. The van der Waals surface area contributed by atoms with E-state index < -0.39 is 38.4 Å². The first kappa shape index (κ1) is 17.9. The van der Waals surface area contributed by atoms with E-state index in [1.165, 1.54) is 18.2 Å². The van der Waals surface area contributed by atoms with Gasteiger partial charge in [-0.3, -0.25) is 0 Å². The van der Waals surface area contributed by atoms with Gasteiger partial charge in [-0.25, -0.2) is 17.5 Å². The molecule has 0 radical (unpaired) electrons. The monoisotopic (exact) mass is 387 g/mol. The summed E-state index contributed by atoms with van der Waals surface area (Å²) in [6, 6.07) is 9.00. The van der Waals surface area contributed by atoms with Crippen molar-refractivity contribution in [2.45, 2.75) is 11.1 Å². The van der Waals surface area contributed by atoms with E-state index in [9.17, 15) is 26.0 Å². The van der Waals surface area contributed by atoms with Crippen LogP contribution in [0.2, 0.25) is 0 Å². The normalized spacial score (nSPS) is 12.2. The Balaban J connectivity index is 1.94. The van der Waals surface area contributed by atoms with Gasteiger partial charge in [-0.2, -0.15) is 18.2 Å². The maximum Gasteiger partial charge on any atom is 0.417 e. The molecular weight excluding hydrogens is 378 g/mol. The SMILES string of the molecule is O=S(=O)(Nc1noc(-c2ccccc2F)n1)c1ccccc1C(F)(F)F. The Morgan fingerprint density at radius 1 is 1.00 bits per heavy atom. The fourth-order valence-corrected chi connectivity index (χ4v) is 3.28. The zero-order valence-corrected chi connectivity index (χ0v) is 13.5. The molecule has 136 valence electrons. The summed E-state index contributed by atoms with van der Waals surface area (Å²) < 4.78 is 83.8. The number of benzene rings is 2. The van der Waals surface area contributed by atoms with E-state index in [2.05, 4.69) is 10.1 Å². The third-order valence-corrected chi connectivity index (χ3v) is 4.62. The third-order valence-electron chi connectivity index (χ3n) is 3.24. The molecule has 3 aromatic rings. The van der Waals surface area contributed by atoms with E-state index in [0.29, 0.717) is 6.07 Å². The second-order valence-electron chi connectivity index (χ2n) is 5.00. The second-order valence-corrected chi connectivity index (χ2v) is 6.65. The molecule has 0 aliphatic rings. The molecule has 11 heteroatoms. The van der Waals surface area contributed by atoms with E-state index in [4.69, 9.17) is 4.52 Å². The minimum atomic E-state index is -4.87. The van der Waals surface area contributed by atoms with Gasteiger partial charge < -0.3 is 4.52 Å². The molecular formula is C15H9F4N3O3S. The molecule has 0 amide bonds. The van der Waals surface area contributed by atoms with E-state index in [-0.39, 0.29) is 11.5 Å². The van der Waals surface area contributed by atoms with Crippen LogP contribution in [0.25, 0.3) is 11.5 Å². The maximum atomic E-state index is 13.7. The summed E-state index contributed by atoms with van der Waals surface area (Å²) in [5.74, 6) is -1.64. The predicted molar refractivity (Wildman–Crippen MR) is 81.9 cm³/mol. The van der Waals surface area contributed by atoms with Crippen LogP contribution < -0.4 is 4.72 Å². The van der Waals surface area contributed by atoms with Crippen LogP contribution in [0, 0.1) is 5.82 Å². The number of anilines is 1. The highest BCUT2D eigenvalue weighted by atomic mass is 32.2. The van der Waals surface area contributed by atoms with Crippen molar-refractivity contribution in [2.75, 3.05) is 4.72 Å². The number of sulfonamides is 1. The molecule has 1 N–H and O–H groups in total. The lowest BCUT2D eigenvalue weighted by Crippen LogP contribution is -2.19. The predicted octanol–water partition coefficient (Wildman–Crippen LogP) is 3.70. The molecule has 0 aliphatic heterocycles. The Morgan fingerprint density at radius 3 is 2.35 bits per heavy atom. The van der Waals surface area contributed by atoms with E-state index in [0.717, 1.165) is 24.3 Å². The van der Waals surface area contributed by atoms with Gasteiger partial charge in [-0.05, 0) is 29.4 Å². The van der Waals surface area contributed by atoms with Crippen molar-refractivity contribution in [1.82, 2.24) is 10.1 Å². The Labute approximate surface area is 144 Å². The molecule has 0 saturated carbocycles. The molecule has 0 unspecified atom stereocenters. The minimum Gasteiger partial charge on any atom is -0.332 e. The molecule has 1 heterocycles. The van der Waals surface area contributed by atoms with Crippen molar-refractivity contribution < 1.29 is 30.5 Å². The minimum absolute atomic E-state index is 0.0823. The number of hydrogen-bond donors (Lipinski definition) is 1. The van der Waals surface area contributed by atoms with Crippen LogP contribution in [0.4, 0.5) is 23.5 Å². The van der Waals surface area contributed by atoms with Gasteiger partial charge in [0.2, 0.25) is 0 Å². The van der Waals surface area contributed by atoms with E-state index in [1.54, 1.807) is 4.72 Å². The van der Waals surface area contributed by atoms with Crippen molar-refractivity contribution in [1.29, 1.82) is 0 Å². The zero-order valence-electron chi connectivity index (χ0n) is 12.7. The highest BCUT2D eigenvalue weighted by molar-refractivity contribution is 7.92. The smallest absolute Gasteiger partial charge is 0.332 e. The summed E-state index contributed by atoms with van der Waals surface area (Å²) in [7, 11) is -4.65.